The van der Waals surface area contributed by atoms with Crippen molar-refractivity contribution in [3.63, 3.8) is 0 Å². The lowest BCUT2D eigenvalue weighted by Crippen LogP contribution is -2.29. The van der Waals surface area contributed by atoms with Crippen molar-refractivity contribution in [2.45, 2.75) is 38.5 Å². The molecule has 0 bridgehead atoms. The number of hydrogen-bond acceptors (Lipinski definition) is 5. The number of carbonyl (C=O) groups excluding carboxylic acids is 1. The standard InChI is InChI=1S/C15H19ClN6O/c1-15(2,3)11-5-4-10(12(16)17-11)14(23)22-7-6-9(8-22)13-18-20-21-19-13/h4-5,9H,6-8H2,1-3H3,(H,18,19,20,21). The lowest BCUT2D eigenvalue weighted by Gasteiger charge is -2.20. The highest BCUT2D eigenvalue weighted by atomic mass is 35.5. The molecule has 0 radical (unpaired) electrons. The topological polar surface area (TPSA) is 87.7 Å². The van der Waals surface area contributed by atoms with Crippen LogP contribution >= 0.6 is 11.6 Å². The van der Waals surface area contributed by atoms with Crippen molar-refractivity contribution in [2.24, 2.45) is 0 Å². The van der Waals surface area contributed by atoms with Gasteiger partial charge in [-0.1, -0.05) is 37.6 Å². The molecule has 0 aromatic carbocycles. The molecule has 1 amide bonds. The van der Waals surface area contributed by atoms with Gasteiger partial charge in [0.05, 0.1) is 5.56 Å². The number of H-pyrrole nitrogens is 1. The Balaban J connectivity index is 1.76. The van der Waals surface area contributed by atoms with Crippen LogP contribution in [0, 0.1) is 0 Å². The Labute approximate surface area is 139 Å². The summed E-state index contributed by atoms with van der Waals surface area (Å²) in [4.78, 5) is 18.8. The quantitative estimate of drug-likeness (QED) is 0.850. The second-order valence-electron chi connectivity index (χ2n) is 6.79. The Bertz CT molecular complexity index is 709. The number of carbonyl (C=O) groups is 1. The van der Waals surface area contributed by atoms with E-state index in [4.69, 9.17) is 11.6 Å². The maximum absolute atomic E-state index is 12.7. The Kier molecular flexibility index (Phi) is 4.06. The molecule has 1 unspecified atom stereocenters. The van der Waals surface area contributed by atoms with Crippen LogP contribution in [0.3, 0.4) is 0 Å². The number of aromatic nitrogens is 5. The first-order valence-corrected chi connectivity index (χ1v) is 7.93. The lowest BCUT2D eigenvalue weighted by molar-refractivity contribution is 0.0790. The summed E-state index contributed by atoms with van der Waals surface area (Å²) in [6.07, 6.45) is 0.816. The lowest BCUT2D eigenvalue weighted by atomic mass is 9.91. The number of pyridine rings is 1. The molecule has 0 spiro atoms. The third-order valence-corrected chi connectivity index (χ3v) is 4.34. The van der Waals surface area contributed by atoms with E-state index < -0.39 is 0 Å². The first-order chi connectivity index (χ1) is 10.9. The van der Waals surface area contributed by atoms with Crippen molar-refractivity contribution in [3.05, 3.63) is 34.4 Å². The summed E-state index contributed by atoms with van der Waals surface area (Å²) in [5.74, 6) is 0.653. The highest BCUT2D eigenvalue weighted by molar-refractivity contribution is 6.32. The molecule has 1 saturated heterocycles. The molecule has 23 heavy (non-hydrogen) atoms. The van der Waals surface area contributed by atoms with Crippen molar-refractivity contribution in [1.29, 1.82) is 0 Å². The molecule has 1 atom stereocenters. The van der Waals surface area contributed by atoms with Crippen LogP contribution in [0.2, 0.25) is 5.15 Å². The SMILES string of the molecule is CC(C)(C)c1ccc(C(=O)N2CCC(c3nn[nH]n3)C2)c(Cl)n1. The Morgan fingerprint density at radius 2 is 2.17 bits per heavy atom. The predicted octanol–water partition coefficient (Wildman–Crippen LogP) is 2.18. The number of likely N-dealkylation sites (tertiary alicyclic amines) is 1. The highest BCUT2D eigenvalue weighted by Gasteiger charge is 2.31. The van der Waals surface area contributed by atoms with Gasteiger partial charge in [0.1, 0.15) is 5.15 Å². The normalized spacial score (nSPS) is 18.4. The van der Waals surface area contributed by atoms with Gasteiger partial charge < -0.3 is 4.90 Å². The second-order valence-corrected chi connectivity index (χ2v) is 7.15. The molecule has 2 aromatic heterocycles. The average Bonchev–Trinajstić information content (AvgIpc) is 3.16. The molecular formula is C15H19ClN6O. The zero-order valence-corrected chi connectivity index (χ0v) is 14.1. The molecule has 0 saturated carbocycles. The van der Waals surface area contributed by atoms with E-state index in [2.05, 4.69) is 46.4 Å². The molecule has 2 aromatic rings. The second kappa shape index (κ2) is 5.88. The van der Waals surface area contributed by atoms with Gasteiger partial charge in [-0.15, -0.1) is 10.2 Å². The van der Waals surface area contributed by atoms with Crippen molar-refractivity contribution >= 4 is 17.5 Å². The molecule has 122 valence electrons. The van der Waals surface area contributed by atoms with Gasteiger partial charge in [-0.05, 0) is 18.6 Å². The van der Waals surface area contributed by atoms with E-state index in [-0.39, 0.29) is 22.4 Å². The van der Waals surface area contributed by atoms with Gasteiger partial charge in [-0.25, -0.2) is 4.98 Å². The largest absolute Gasteiger partial charge is 0.338 e. The van der Waals surface area contributed by atoms with Crippen LogP contribution in [-0.2, 0) is 5.41 Å². The number of nitrogens with zero attached hydrogens (tertiary/aromatic N) is 5. The van der Waals surface area contributed by atoms with Crippen LogP contribution < -0.4 is 0 Å². The van der Waals surface area contributed by atoms with Gasteiger partial charge >= 0.3 is 0 Å². The fourth-order valence-corrected chi connectivity index (χ4v) is 2.91. The molecule has 1 fully saturated rings. The molecule has 0 aliphatic carbocycles. The molecule has 7 nitrogen and oxygen atoms in total. The number of tetrazole rings is 1. The molecule has 3 heterocycles. The van der Waals surface area contributed by atoms with E-state index in [1.807, 2.05) is 6.07 Å². The van der Waals surface area contributed by atoms with Gasteiger partial charge in [0.2, 0.25) is 0 Å². The third kappa shape index (κ3) is 3.19. The van der Waals surface area contributed by atoms with Crippen LogP contribution in [-0.4, -0.2) is 49.5 Å². The average molecular weight is 335 g/mol. The number of hydrogen-bond donors (Lipinski definition) is 1. The van der Waals surface area contributed by atoms with E-state index in [1.54, 1.807) is 11.0 Å². The van der Waals surface area contributed by atoms with Crippen molar-refractivity contribution in [3.8, 4) is 0 Å². The number of rotatable bonds is 2. The van der Waals surface area contributed by atoms with Gasteiger partial charge in [0.25, 0.3) is 5.91 Å². The number of amides is 1. The van der Waals surface area contributed by atoms with Gasteiger partial charge in [0.15, 0.2) is 5.82 Å². The van der Waals surface area contributed by atoms with E-state index >= 15 is 0 Å². The molecule has 1 N–H and O–H groups in total. The van der Waals surface area contributed by atoms with Crippen molar-refractivity contribution in [2.75, 3.05) is 13.1 Å². The van der Waals surface area contributed by atoms with Gasteiger partial charge in [-0.3, -0.25) is 4.79 Å². The Hall–Kier alpha value is -2.02. The minimum absolute atomic E-state index is 0.103. The Morgan fingerprint density at radius 3 is 2.78 bits per heavy atom. The Morgan fingerprint density at radius 1 is 1.39 bits per heavy atom. The predicted molar refractivity (Wildman–Crippen MR) is 85.4 cm³/mol. The highest BCUT2D eigenvalue weighted by Crippen LogP contribution is 2.28. The maximum atomic E-state index is 12.7. The smallest absolute Gasteiger partial charge is 0.257 e. The zero-order chi connectivity index (χ0) is 16.6. The number of halogens is 1. The van der Waals surface area contributed by atoms with Crippen LogP contribution in [0.1, 0.15) is 55.0 Å². The van der Waals surface area contributed by atoms with Gasteiger partial charge in [-0.2, -0.15) is 5.21 Å². The van der Waals surface area contributed by atoms with E-state index in [1.165, 1.54) is 0 Å². The maximum Gasteiger partial charge on any atom is 0.257 e. The summed E-state index contributed by atoms with van der Waals surface area (Å²) >= 11 is 6.25. The molecule has 3 rings (SSSR count). The fourth-order valence-electron chi connectivity index (χ4n) is 2.68. The summed E-state index contributed by atoms with van der Waals surface area (Å²) in [6.45, 7) is 7.39. The van der Waals surface area contributed by atoms with Gasteiger partial charge in [0, 0.05) is 30.1 Å². The molecular weight excluding hydrogens is 316 g/mol. The fraction of sp³-hybridized carbons (Fsp3) is 0.533. The van der Waals surface area contributed by atoms with Crippen molar-refractivity contribution in [1.82, 2.24) is 30.5 Å². The van der Waals surface area contributed by atoms with Crippen LogP contribution in [0.5, 0.6) is 0 Å². The van der Waals surface area contributed by atoms with E-state index in [9.17, 15) is 4.79 Å². The summed E-state index contributed by atoms with van der Waals surface area (Å²) < 4.78 is 0. The summed E-state index contributed by atoms with van der Waals surface area (Å²) in [6, 6.07) is 3.63. The van der Waals surface area contributed by atoms with Crippen LogP contribution in [0.15, 0.2) is 12.1 Å². The first-order valence-electron chi connectivity index (χ1n) is 7.56. The summed E-state index contributed by atoms with van der Waals surface area (Å²) in [5, 5.41) is 14.3. The molecule has 1 aliphatic rings. The summed E-state index contributed by atoms with van der Waals surface area (Å²) in [5.41, 5.74) is 1.20. The monoisotopic (exact) mass is 334 g/mol. The van der Waals surface area contributed by atoms with E-state index in [0.29, 0.717) is 24.5 Å². The molecule has 1 aliphatic heterocycles. The summed E-state index contributed by atoms with van der Waals surface area (Å²) in [7, 11) is 0. The van der Waals surface area contributed by atoms with Crippen LogP contribution in [0.4, 0.5) is 0 Å². The molecule has 8 heteroatoms. The zero-order valence-electron chi connectivity index (χ0n) is 13.4. The number of aromatic amines is 1. The minimum atomic E-state index is -0.109. The van der Waals surface area contributed by atoms with Crippen LogP contribution in [0.25, 0.3) is 0 Å². The third-order valence-electron chi connectivity index (χ3n) is 4.05. The first kappa shape index (κ1) is 15.9. The number of nitrogens with one attached hydrogen (secondary N) is 1. The van der Waals surface area contributed by atoms with E-state index in [0.717, 1.165) is 12.1 Å². The van der Waals surface area contributed by atoms with Crippen molar-refractivity contribution < 1.29 is 4.79 Å². The minimum Gasteiger partial charge on any atom is -0.338 e.